The number of nitriles is 1. The van der Waals surface area contributed by atoms with Gasteiger partial charge in [0.2, 0.25) is 15.9 Å². The third-order valence-corrected chi connectivity index (χ3v) is 6.18. The van der Waals surface area contributed by atoms with E-state index in [0.717, 1.165) is 6.07 Å². The molecular weight excluding hydrogens is 397 g/mol. The summed E-state index contributed by atoms with van der Waals surface area (Å²) in [5.74, 6) is -0.236. The normalized spacial score (nSPS) is 19.3. The molecule has 0 spiro atoms. The van der Waals surface area contributed by atoms with E-state index in [-0.39, 0.29) is 22.8 Å². The Hall–Kier alpha value is -2.70. The second kappa shape index (κ2) is 9.20. The summed E-state index contributed by atoms with van der Waals surface area (Å²) in [5, 5.41) is 8.79. The molecule has 1 aliphatic rings. The maximum atomic E-state index is 14.0. The molecule has 0 unspecified atom stereocenters. The highest BCUT2D eigenvalue weighted by atomic mass is 32.2. The van der Waals surface area contributed by atoms with E-state index in [1.54, 1.807) is 19.1 Å². The molecule has 0 radical (unpaired) electrons. The zero-order valence-corrected chi connectivity index (χ0v) is 16.8. The maximum absolute atomic E-state index is 14.0. The van der Waals surface area contributed by atoms with Gasteiger partial charge in [-0.15, -0.1) is 0 Å². The van der Waals surface area contributed by atoms with Gasteiger partial charge in [0.05, 0.1) is 17.1 Å². The van der Waals surface area contributed by atoms with E-state index in [2.05, 4.69) is 9.71 Å². The number of hydrogen-bond donors (Lipinski definition) is 1. The Morgan fingerprint density at radius 2 is 2.00 bits per heavy atom. The van der Waals surface area contributed by atoms with Crippen molar-refractivity contribution in [2.75, 3.05) is 6.61 Å². The number of nitrogens with one attached hydrogen (secondary N) is 1. The molecule has 0 atom stereocenters. The highest BCUT2D eigenvalue weighted by Gasteiger charge is 2.27. The second-order valence-electron chi connectivity index (χ2n) is 6.73. The molecule has 0 saturated heterocycles. The molecule has 0 bridgehead atoms. The summed E-state index contributed by atoms with van der Waals surface area (Å²) in [4.78, 5) is 3.96. The van der Waals surface area contributed by atoms with Crippen molar-refractivity contribution in [2.24, 2.45) is 0 Å². The molecule has 1 aliphatic carbocycles. The largest absolute Gasteiger partial charge is 0.491 e. The van der Waals surface area contributed by atoms with Crippen molar-refractivity contribution in [3.05, 3.63) is 47.9 Å². The Bertz CT molecular complexity index is 982. The van der Waals surface area contributed by atoms with Crippen LogP contribution in [-0.4, -0.2) is 32.2 Å². The Morgan fingerprint density at radius 1 is 1.24 bits per heavy atom. The molecule has 1 heterocycles. The number of benzene rings is 1. The minimum Gasteiger partial charge on any atom is -0.491 e. The second-order valence-corrected chi connectivity index (χ2v) is 8.45. The third kappa shape index (κ3) is 5.43. The molecule has 1 saturated carbocycles. The predicted octanol–water partition coefficient (Wildman–Crippen LogP) is 3.16. The summed E-state index contributed by atoms with van der Waals surface area (Å²) in [6, 6.07) is 8.66. The number of pyridine rings is 1. The Kier molecular flexibility index (Phi) is 6.67. The molecule has 9 heteroatoms. The SMILES string of the molecule is CCOc1ccc(S(=O)(=O)NC2CCC(Oc3ccc(C#N)cn3)CC2)cc1F. The fourth-order valence-electron chi connectivity index (χ4n) is 3.19. The Labute approximate surface area is 169 Å². The molecule has 1 aromatic carbocycles. The van der Waals surface area contributed by atoms with Crippen molar-refractivity contribution in [1.82, 2.24) is 9.71 Å². The summed E-state index contributed by atoms with van der Waals surface area (Å²) < 4.78 is 52.7. The van der Waals surface area contributed by atoms with Crippen LogP contribution in [0.1, 0.15) is 38.2 Å². The number of halogens is 1. The lowest BCUT2D eigenvalue weighted by atomic mass is 9.94. The minimum atomic E-state index is -3.83. The topological polar surface area (TPSA) is 101 Å². The van der Waals surface area contributed by atoms with E-state index in [0.29, 0.717) is 43.7 Å². The monoisotopic (exact) mass is 419 g/mol. The van der Waals surface area contributed by atoms with Crippen molar-refractivity contribution in [2.45, 2.75) is 49.6 Å². The molecule has 29 heavy (non-hydrogen) atoms. The maximum Gasteiger partial charge on any atom is 0.240 e. The molecule has 2 aromatic rings. The van der Waals surface area contributed by atoms with Gasteiger partial charge in [0, 0.05) is 18.3 Å². The molecule has 0 amide bonds. The molecular formula is C20H22FN3O4S. The molecule has 0 aliphatic heterocycles. The average Bonchev–Trinajstić information content (AvgIpc) is 2.71. The van der Waals surface area contributed by atoms with Crippen LogP contribution < -0.4 is 14.2 Å². The van der Waals surface area contributed by atoms with Gasteiger partial charge in [-0.05, 0) is 56.9 Å². The Balaban J connectivity index is 1.55. The van der Waals surface area contributed by atoms with Crippen molar-refractivity contribution >= 4 is 10.0 Å². The van der Waals surface area contributed by atoms with E-state index >= 15 is 0 Å². The van der Waals surface area contributed by atoms with Crippen molar-refractivity contribution in [3.8, 4) is 17.7 Å². The molecule has 154 valence electrons. The fourth-order valence-corrected chi connectivity index (χ4v) is 4.51. The molecule has 1 fully saturated rings. The van der Waals surface area contributed by atoms with Gasteiger partial charge in [0.15, 0.2) is 11.6 Å². The van der Waals surface area contributed by atoms with Crippen molar-refractivity contribution < 1.29 is 22.3 Å². The lowest BCUT2D eigenvalue weighted by Crippen LogP contribution is -2.39. The highest BCUT2D eigenvalue weighted by molar-refractivity contribution is 7.89. The fraction of sp³-hybridized carbons (Fsp3) is 0.400. The van der Waals surface area contributed by atoms with Crippen LogP contribution in [0.5, 0.6) is 11.6 Å². The van der Waals surface area contributed by atoms with Gasteiger partial charge in [0.1, 0.15) is 12.2 Å². The molecule has 7 nitrogen and oxygen atoms in total. The predicted molar refractivity (Wildman–Crippen MR) is 104 cm³/mol. The van der Waals surface area contributed by atoms with Gasteiger partial charge in [-0.1, -0.05) is 0 Å². The van der Waals surface area contributed by atoms with Crippen LogP contribution in [0, 0.1) is 17.1 Å². The Morgan fingerprint density at radius 3 is 2.59 bits per heavy atom. The number of ether oxygens (including phenoxy) is 2. The minimum absolute atomic E-state index is 0.0283. The smallest absolute Gasteiger partial charge is 0.240 e. The number of nitrogens with zero attached hydrogens (tertiary/aromatic N) is 2. The lowest BCUT2D eigenvalue weighted by molar-refractivity contribution is 0.138. The van der Waals surface area contributed by atoms with Crippen LogP contribution in [0.4, 0.5) is 4.39 Å². The van der Waals surface area contributed by atoms with E-state index in [1.165, 1.54) is 18.3 Å². The van der Waals surface area contributed by atoms with E-state index in [9.17, 15) is 12.8 Å². The number of sulfonamides is 1. The van der Waals surface area contributed by atoms with E-state index in [1.807, 2.05) is 6.07 Å². The van der Waals surface area contributed by atoms with Crippen LogP contribution in [0.2, 0.25) is 0 Å². The first-order valence-corrected chi connectivity index (χ1v) is 10.9. The van der Waals surface area contributed by atoms with E-state index in [4.69, 9.17) is 14.7 Å². The van der Waals surface area contributed by atoms with Gasteiger partial charge in [-0.3, -0.25) is 0 Å². The third-order valence-electron chi connectivity index (χ3n) is 4.66. The number of hydrogen-bond acceptors (Lipinski definition) is 6. The van der Waals surface area contributed by atoms with Crippen LogP contribution in [0.3, 0.4) is 0 Å². The summed E-state index contributed by atoms with van der Waals surface area (Å²) >= 11 is 0. The summed E-state index contributed by atoms with van der Waals surface area (Å²) in [7, 11) is -3.83. The molecule has 1 N–H and O–H groups in total. The quantitative estimate of drug-likeness (QED) is 0.740. The first kappa shape index (κ1) is 21.0. The van der Waals surface area contributed by atoms with Crippen LogP contribution in [0.25, 0.3) is 0 Å². The van der Waals surface area contributed by atoms with Crippen LogP contribution in [-0.2, 0) is 10.0 Å². The number of rotatable bonds is 7. The van der Waals surface area contributed by atoms with E-state index < -0.39 is 15.8 Å². The first-order valence-electron chi connectivity index (χ1n) is 9.38. The van der Waals surface area contributed by atoms with Crippen LogP contribution >= 0.6 is 0 Å². The average molecular weight is 419 g/mol. The summed E-state index contributed by atoms with van der Waals surface area (Å²) in [6.45, 7) is 2.02. The summed E-state index contributed by atoms with van der Waals surface area (Å²) in [5.41, 5.74) is 0.459. The van der Waals surface area contributed by atoms with Gasteiger partial charge in [-0.25, -0.2) is 22.5 Å². The lowest BCUT2D eigenvalue weighted by Gasteiger charge is -2.29. The molecule has 3 rings (SSSR count). The molecule has 1 aromatic heterocycles. The van der Waals surface area contributed by atoms with Crippen molar-refractivity contribution in [3.63, 3.8) is 0 Å². The van der Waals surface area contributed by atoms with Gasteiger partial charge >= 0.3 is 0 Å². The summed E-state index contributed by atoms with van der Waals surface area (Å²) in [6.07, 6.45) is 3.89. The number of aromatic nitrogens is 1. The van der Waals surface area contributed by atoms with Crippen molar-refractivity contribution in [1.29, 1.82) is 5.26 Å². The first-order chi connectivity index (χ1) is 13.9. The zero-order chi connectivity index (χ0) is 20.9. The van der Waals surface area contributed by atoms with Gasteiger partial charge < -0.3 is 9.47 Å². The zero-order valence-electron chi connectivity index (χ0n) is 16.0. The van der Waals surface area contributed by atoms with Gasteiger partial charge in [-0.2, -0.15) is 5.26 Å². The van der Waals surface area contributed by atoms with Gasteiger partial charge in [0.25, 0.3) is 0 Å². The van der Waals surface area contributed by atoms with Crippen LogP contribution in [0.15, 0.2) is 41.4 Å². The highest BCUT2D eigenvalue weighted by Crippen LogP contribution is 2.26. The standard InChI is InChI=1S/C20H22FN3O4S/c1-2-27-19-9-8-17(11-18(19)21)29(25,26)24-15-4-6-16(7-5-15)28-20-10-3-14(12-22)13-23-20/h3,8-11,13,15-16,24H,2,4-7H2,1H3.